The Morgan fingerprint density at radius 3 is 2.57 bits per heavy atom. The van der Waals surface area contributed by atoms with Crippen LogP contribution in [0.2, 0.25) is 0 Å². The Morgan fingerprint density at radius 2 is 2.05 bits per heavy atom. The van der Waals surface area contributed by atoms with E-state index in [9.17, 15) is 22.9 Å². The van der Waals surface area contributed by atoms with Crippen LogP contribution in [0, 0.1) is 15.9 Å². The lowest BCUT2D eigenvalue weighted by Crippen LogP contribution is -2.06. The Kier molecular flexibility index (Phi) is 3.92. The Bertz CT molecular complexity index is 820. The molecule has 2 aromatic rings. The lowest BCUT2D eigenvalue weighted by atomic mass is 10.2. The minimum absolute atomic E-state index is 0.0284. The molecular weight excluding hydrogens is 327 g/mol. The van der Waals surface area contributed by atoms with Crippen LogP contribution in [-0.4, -0.2) is 28.1 Å². The van der Waals surface area contributed by atoms with E-state index in [1.54, 1.807) is 6.92 Å². The highest BCUT2D eigenvalue weighted by Crippen LogP contribution is 2.26. The van der Waals surface area contributed by atoms with Gasteiger partial charge < -0.3 is 0 Å². The molecular formula is C10H8ClFN4O4S. The highest BCUT2D eigenvalue weighted by atomic mass is 35.7. The van der Waals surface area contributed by atoms with Gasteiger partial charge in [-0.2, -0.15) is 0 Å². The highest BCUT2D eigenvalue weighted by Gasteiger charge is 2.23. The van der Waals surface area contributed by atoms with Gasteiger partial charge in [-0.1, -0.05) is 0 Å². The molecule has 1 aromatic heterocycles. The molecule has 0 bridgehead atoms. The predicted octanol–water partition coefficient (Wildman–Crippen LogP) is 1.94. The lowest BCUT2D eigenvalue weighted by molar-refractivity contribution is -0.385. The molecule has 0 radical (unpaired) electrons. The van der Waals surface area contributed by atoms with Crippen molar-refractivity contribution in [2.24, 2.45) is 0 Å². The molecule has 21 heavy (non-hydrogen) atoms. The number of aromatic nitrogens is 3. The SMILES string of the molecule is CCn1c(-c2cc(F)cc([N+](=O)[O-])c2)nnc1S(=O)(=O)Cl. The zero-order chi connectivity index (χ0) is 15.8. The van der Waals surface area contributed by atoms with E-state index in [0.29, 0.717) is 0 Å². The zero-order valence-corrected chi connectivity index (χ0v) is 12.1. The monoisotopic (exact) mass is 334 g/mol. The maximum Gasteiger partial charge on any atom is 0.296 e. The summed E-state index contributed by atoms with van der Waals surface area (Å²) in [5.74, 6) is -0.876. The average Bonchev–Trinajstić information content (AvgIpc) is 2.81. The zero-order valence-electron chi connectivity index (χ0n) is 10.5. The average molecular weight is 335 g/mol. The van der Waals surface area contributed by atoms with E-state index >= 15 is 0 Å². The van der Waals surface area contributed by atoms with E-state index in [2.05, 4.69) is 10.2 Å². The van der Waals surface area contributed by atoms with Crippen LogP contribution >= 0.6 is 10.7 Å². The summed E-state index contributed by atoms with van der Waals surface area (Å²) in [5.41, 5.74) is -0.450. The van der Waals surface area contributed by atoms with Crippen LogP contribution in [0.5, 0.6) is 0 Å². The summed E-state index contributed by atoms with van der Waals surface area (Å²) in [6.07, 6.45) is 0. The molecule has 0 spiro atoms. The topological polar surface area (TPSA) is 108 Å². The first-order valence-electron chi connectivity index (χ1n) is 5.57. The summed E-state index contributed by atoms with van der Waals surface area (Å²) in [4.78, 5) is 9.97. The number of rotatable bonds is 4. The van der Waals surface area contributed by atoms with E-state index in [-0.39, 0.29) is 17.9 Å². The van der Waals surface area contributed by atoms with Crippen molar-refractivity contribution in [3.05, 3.63) is 34.1 Å². The summed E-state index contributed by atoms with van der Waals surface area (Å²) in [6, 6.07) is 2.81. The van der Waals surface area contributed by atoms with Gasteiger partial charge in [-0.15, -0.1) is 10.2 Å². The third-order valence-electron chi connectivity index (χ3n) is 2.60. The molecule has 1 aromatic carbocycles. The van der Waals surface area contributed by atoms with Crippen molar-refractivity contribution in [2.75, 3.05) is 0 Å². The van der Waals surface area contributed by atoms with Crippen LogP contribution in [0.25, 0.3) is 11.4 Å². The maximum absolute atomic E-state index is 13.4. The second-order valence-electron chi connectivity index (χ2n) is 3.94. The Hall–Kier alpha value is -2.07. The fraction of sp³-hybridized carbons (Fsp3) is 0.200. The van der Waals surface area contributed by atoms with Crippen LogP contribution in [0.1, 0.15) is 6.92 Å². The second kappa shape index (κ2) is 5.37. The van der Waals surface area contributed by atoms with E-state index in [1.165, 1.54) is 0 Å². The predicted molar refractivity (Wildman–Crippen MR) is 70.8 cm³/mol. The van der Waals surface area contributed by atoms with Gasteiger partial charge in [0.05, 0.1) is 11.0 Å². The van der Waals surface area contributed by atoms with E-state index < -0.39 is 30.6 Å². The van der Waals surface area contributed by atoms with Crippen molar-refractivity contribution < 1.29 is 17.7 Å². The van der Waals surface area contributed by atoms with Gasteiger partial charge in [-0.3, -0.25) is 14.7 Å². The molecule has 0 saturated heterocycles. The molecule has 11 heteroatoms. The maximum atomic E-state index is 13.4. The van der Waals surface area contributed by atoms with Crippen LogP contribution in [-0.2, 0) is 15.6 Å². The minimum atomic E-state index is -4.14. The van der Waals surface area contributed by atoms with Gasteiger partial charge in [-0.25, -0.2) is 12.8 Å². The number of nitro benzene ring substituents is 1. The number of non-ortho nitro benzene ring substituents is 1. The van der Waals surface area contributed by atoms with Gasteiger partial charge in [0, 0.05) is 28.9 Å². The van der Waals surface area contributed by atoms with Gasteiger partial charge in [0.15, 0.2) is 5.82 Å². The fourth-order valence-electron chi connectivity index (χ4n) is 1.78. The minimum Gasteiger partial charge on any atom is -0.297 e. The van der Waals surface area contributed by atoms with Crippen LogP contribution in [0.15, 0.2) is 23.4 Å². The number of nitrogens with zero attached hydrogens (tertiary/aromatic N) is 4. The molecule has 2 rings (SSSR count). The van der Waals surface area contributed by atoms with Gasteiger partial charge in [0.1, 0.15) is 5.82 Å². The molecule has 0 aliphatic rings. The number of hydrogen-bond acceptors (Lipinski definition) is 6. The third kappa shape index (κ3) is 3.00. The highest BCUT2D eigenvalue weighted by molar-refractivity contribution is 8.13. The number of nitro groups is 1. The van der Waals surface area contributed by atoms with Gasteiger partial charge >= 0.3 is 0 Å². The fourth-order valence-corrected chi connectivity index (χ4v) is 2.74. The third-order valence-corrected chi connectivity index (χ3v) is 3.75. The molecule has 1 heterocycles. The molecule has 8 nitrogen and oxygen atoms in total. The van der Waals surface area contributed by atoms with Crippen LogP contribution < -0.4 is 0 Å². The van der Waals surface area contributed by atoms with E-state index in [1.807, 2.05) is 0 Å². The van der Waals surface area contributed by atoms with Crippen molar-refractivity contribution in [3.63, 3.8) is 0 Å². The van der Waals surface area contributed by atoms with E-state index in [0.717, 1.165) is 22.8 Å². The summed E-state index contributed by atoms with van der Waals surface area (Å²) in [6.45, 7) is 1.74. The molecule has 0 N–H and O–H groups in total. The number of hydrogen-bond donors (Lipinski definition) is 0. The molecule has 0 saturated carbocycles. The standard InChI is InChI=1S/C10H8ClFN4O4S/c1-2-15-9(13-14-10(15)21(11,19)20)6-3-7(12)5-8(4-6)16(17)18/h3-5H,2H2,1H3. The largest absolute Gasteiger partial charge is 0.297 e. The number of benzene rings is 1. The molecule has 0 atom stereocenters. The smallest absolute Gasteiger partial charge is 0.296 e. The summed E-state index contributed by atoms with van der Waals surface area (Å²) < 4.78 is 37.3. The van der Waals surface area contributed by atoms with Crippen LogP contribution in [0.4, 0.5) is 10.1 Å². The first kappa shape index (κ1) is 15.3. The molecule has 0 fully saturated rings. The summed E-state index contributed by atoms with van der Waals surface area (Å²) in [7, 11) is 1.09. The molecule has 0 aliphatic heterocycles. The Morgan fingerprint density at radius 1 is 1.38 bits per heavy atom. The quantitative estimate of drug-likeness (QED) is 0.480. The Balaban J connectivity index is 2.68. The molecule has 112 valence electrons. The lowest BCUT2D eigenvalue weighted by Gasteiger charge is -2.05. The number of halogens is 2. The van der Waals surface area contributed by atoms with Crippen LogP contribution in [0.3, 0.4) is 0 Å². The van der Waals surface area contributed by atoms with Gasteiger partial charge in [0.2, 0.25) is 0 Å². The normalized spacial score (nSPS) is 11.6. The summed E-state index contributed by atoms with van der Waals surface area (Å²) >= 11 is 0. The molecule has 0 aliphatic carbocycles. The van der Waals surface area contributed by atoms with Crippen molar-refractivity contribution in [1.82, 2.24) is 14.8 Å². The van der Waals surface area contributed by atoms with Crippen molar-refractivity contribution >= 4 is 25.4 Å². The van der Waals surface area contributed by atoms with Crippen molar-refractivity contribution in [2.45, 2.75) is 18.6 Å². The van der Waals surface area contributed by atoms with Crippen molar-refractivity contribution in [1.29, 1.82) is 0 Å². The first-order valence-corrected chi connectivity index (χ1v) is 7.88. The molecule has 0 amide bonds. The first-order chi connectivity index (χ1) is 9.74. The van der Waals surface area contributed by atoms with Gasteiger partial charge in [-0.05, 0) is 13.0 Å². The molecule has 0 unspecified atom stereocenters. The van der Waals surface area contributed by atoms with E-state index in [4.69, 9.17) is 10.7 Å². The van der Waals surface area contributed by atoms with Gasteiger partial charge in [0.25, 0.3) is 19.9 Å². The Labute approximate surface area is 122 Å². The summed E-state index contributed by atoms with van der Waals surface area (Å²) in [5, 5.41) is 17.3. The van der Waals surface area contributed by atoms with Crippen molar-refractivity contribution in [3.8, 4) is 11.4 Å². The second-order valence-corrected chi connectivity index (χ2v) is 6.40.